The van der Waals surface area contributed by atoms with Crippen LogP contribution in [-0.2, 0) is 4.74 Å². The highest BCUT2D eigenvalue weighted by Crippen LogP contribution is 2.30. The quantitative estimate of drug-likeness (QED) is 0.483. The smallest absolute Gasteiger partial charge is 0.280 e. The average molecular weight is 503 g/mol. The molecule has 0 unspecified atom stereocenters. The van der Waals surface area contributed by atoms with Gasteiger partial charge in [0.05, 0.1) is 12.6 Å². The zero-order chi connectivity index (χ0) is 24.9. The van der Waals surface area contributed by atoms with Crippen LogP contribution in [0.5, 0.6) is 5.75 Å². The van der Waals surface area contributed by atoms with Crippen LogP contribution in [0.1, 0.15) is 45.9 Å². The van der Waals surface area contributed by atoms with E-state index in [0.717, 1.165) is 28.5 Å². The fraction of sp³-hybridized carbons (Fsp3) is 0.400. The number of hydrogen-bond donors (Lipinski definition) is 1. The minimum atomic E-state index is -2.64. The summed E-state index contributed by atoms with van der Waals surface area (Å²) < 4.78 is 37.4. The largest absolute Gasteiger partial charge is 0.491 e. The molecule has 0 radical (unpaired) electrons. The molecular formula is C25H28F2N4O3S. The molecule has 7 nitrogen and oxygen atoms in total. The Bertz CT molecular complexity index is 1160. The number of rotatable bonds is 8. The van der Waals surface area contributed by atoms with Crippen LogP contribution in [0, 0.1) is 6.92 Å². The van der Waals surface area contributed by atoms with Gasteiger partial charge in [-0.25, -0.2) is 13.8 Å². The van der Waals surface area contributed by atoms with Crippen LogP contribution in [-0.4, -0.2) is 60.2 Å². The van der Waals surface area contributed by atoms with Gasteiger partial charge < -0.3 is 19.7 Å². The maximum atomic E-state index is 13.1. The van der Waals surface area contributed by atoms with E-state index in [1.54, 1.807) is 31.3 Å². The normalized spacial score (nSPS) is 17.4. The summed E-state index contributed by atoms with van der Waals surface area (Å²) in [6.07, 6.45) is 0.457. The highest BCUT2D eigenvalue weighted by Gasteiger charge is 2.20. The van der Waals surface area contributed by atoms with E-state index in [2.05, 4.69) is 20.2 Å². The fourth-order valence-electron chi connectivity index (χ4n) is 3.75. The lowest BCUT2D eigenvalue weighted by atomic mass is 10.1. The molecule has 3 heterocycles. The maximum absolute atomic E-state index is 13.1. The highest BCUT2D eigenvalue weighted by atomic mass is 32.1. The second-order valence-electron chi connectivity index (χ2n) is 8.60. The molecule has 10 heteroatoms. The number of aromatic nitrogens is 2. The van der Waals surface area contributed by atoms with Gasteiger partial charge in [0, 0.05) is 41.5 Å². The number of hydrogen-bond acceptors (Lipinski definition) is 7. The molecule has 1 aromatic carbocycles. The third-order valence-corrected chi connectivity index (χ3v) is 6.66. The van der Waals surface area contributed by atoms with Crippen molar-refractivity contribution in [3.63, 3.8) is 0 Å². The van der Waals surface area contributed by atoms with Crippen molar-refractivity contribution < 1.29 is 23.0 Å². The van der Waals surface area contributed by atoms with E-state index in [1.807, 2.05) is 20.0 Å². The summed E-state index contributed by atoms with van der Waals surface area (Å²) in [4.78, 5) is 24.6. The number of morpholine rings is 1. The molecule has 0 spiro atoms. The summed E-state index contributed by atoms with van der Waals surface area (Å²) in [6, 6.07) is 7.72. The third-order valence-electron chi connectivity index (χ3n) is 5.70. The molecule has 1 fully saturated rings. The van der Waals surface area contributed by atoms with E-state index < -0.39 is 12.5 Å². The highest BCUT2D eigenvalue weighted by molar-refractivity contribution is 7.14. The molecule has 0 saturated carbocycles. The minimum absolute atomic E-state index is 0.0551. The van der Waals surface area contributed by atoms with Crippen LogP contribution in [0.3, 0.4) is 0 Å². The van der Waals surface area contributed by atoms with Gasteiger partial charge in [0.2, 0.25) is 0 Å². The van der Waals surface area contributed by atoms with Gasteiger partial charge in [0.1, 0.15) is 29.2 Å². The van der Waals surface area contributed by atoms with Crippen molar-refractivity contribution in [2.75, 3.05) is 33.4 Å². The minimum Gasteiger partial charge on any atom is -0.491 e. The Kier molecular flexibility index (Phi) is 8.04. The second kappa shape index (κ2) is 11.2. The molecule has 35 heavy (non-hydrogen) atoms. The van der Waals surface area contributed by atoms with E-state index in [1.165, 1.54) is 23.6 Å². The maximum Gasteiger partial charge on any atom is 0.280 e. The van der Waals surface area contributed by atoms with E-state index in [4.69, 9.17) is 9.47 Å². The first kappa shape index (κ1) is 25.2. The Balaban J connectivity index is 1.52. The Hall–Kier alpha value is -2.95. The summed E-state index contributed by atoms with van der Waals surface area (Å²) in [5, 5.41) is 3.70. The lowest BCUT2D eigenvalue weighted by molar-refractivity contribution is -0.0403. The molecule has 2 atom stereocenters. The van der Waals surface area contributed by atoms with Crippen molar-refractivity contribution in [3.05, 3.63) is 64.4 Å². The van der Waals surface area contributed by atoms with E-state index in [0.29, 0.717) is 30.1 Å². The summed E-state index contributed by atoms with van der Waals surface area (Å²) >= 11 is 1.53. The molecule has 1 amide bonds. The zero-order valence-corrected chi connectivity index (χ0v) is 20.6. The van der Waals surface area contributed by atoms with Crippen LogP contribution in [0.2, 0.25) is 0 Å². The van der Waals surface area contributed by atoms with Crippen LogP contribution in [0.4, 0.5) is 8.78 Å². The first-order valence-corrected chi connectivity index (χ1v) is 12.2. The predicted molar refractivity (Wildman–Crippen MR) is 130 cm³/mol. The molecule has 1 saturated heterocycles. The Morgan fingerprint density at radius 1 is 1.29 bits per heavy atom. The predicted octanol–water partition coefficient (Wildman–Crippen LogP) is 4.65. The molecule has 186 valence electrons. The van der Waals surface area contributed by atoms with E-state index >= 15 is 0 Å². The van der Waals surface area contributed by atoms with Gasteiger partial charge in [0.25, 0.3) is 12.3 Å². The Morgan fingerprint density at radius 3 is 2.77 bits per heavy atom. The van der Waals surface area contributed by atoms with Crippen molar-refractivity contribution in [2.24, 2.45) is 0 Å². The van der Waals surface area contributed by atoms with Gasteiger partial charge >= 0.3 is 0 Å². The molecule has 0 bridgehead atoms. The van der Waals surface area contributed by atoms with Gasteiger partial charge in [-0.3, -0.25) is 9.78 Å². The van der Waals surface area contributed by atoms with Crippen LogP contribution in [0.25, 0.3) is 10.6 Å². The molecule has 0 aliphatic carbocycles. The summed E-state index contributed by atoms with van der Waals surface area (Å²) in [6.45, 7) is 6.43. The number of carbonyl (C=O) groups excluding carboxylic acids is 1. The monoisotopic (exact) mass is 502 g/mol. The Morgan fingerprint density at radius 2 is 2.11 bits per heavy atom. The summed E-state index contributed by atoms with van der Waals surface area (Å²) in [5.41, 5.74) is 1.53. The van der Waals surface area contributed by atoms with Crippen molar-refractivity contribution in [3.8, 4) is 16.3 Å². The first-order chi connectivity index (χ1) is 16.8. The van der Waals surface area contributed by atoms with Gasteiger partial charge in [-0.05, 0) is 50.7 Å². The number of thiazole rings is 1. The number of ether oxygens (including phenoxy) is 2. The Labute approximate surface area is 207 Å². The lowest BCUT2D eigenvalue weighted by Gasteiger charge is -2.29. The number of alkyl halides is 2. The number of amides is 1. The number of aryl methyl sites for hydroxylation is 1. The van der Waals surface area contributed by atoms with Crippen molar-refractivity contribution in [2.45, 2.75) is 32.4 Å². The molecule has 1 aliphatic heterocycles. The van der Waals surface area contributed by atoms with Gasteiger partial charge in [-0.15, -0.1) is 11.3 Å². The molecular weight excluding hydrogens is 474 g/mol. The van der Waals surface area contributed by atoms with E-state index in [9.17, 15) is 13.6 Å². The van der Waals surface area contributed by atoms with Gasteiger partial charge in [0.15, 0.2) is 0 Å². The first-order valence-electron chi connectivity index (χ1n) is 11.3. The number of nitrogens with zero attached hydrogens (tertiary/aromatic N) is 3. The van der Waals surface area contributed by atoms with E-state index in [-0.39, 0.29) is 17.7 Å². The van der Waals surface area contributed by atoms with Crippen LogP contribution in [0.15, 0.2) is 42.7 Å². The average Bonchev–Trinajstić information content (AvgIpc) is 3.29. The number of nitrogens with one attached hydrogen (secondary N) is 1. The van der Waals surface area contributed by atoms with Gasteiger partial charge in [-0.1, -0.05) is 6.07 Å². The van der Waals surface area contributed by atoms with Gasteiger partial charge in [-0.2, -0.15) is 0 Å². The molecule has 4 rings (SSSR count). The summed E-state index contributed by atoms with van der Waals surface area (Å²) in [7, 11) is 2.04. The topological polar surface area (TPSA) is 76.6 Å². The standard InChI is InChI=1S/C25H28F2N4O3S/c1-15-11-29-25(35-15)19-8-18(9-20(10-19)34-14-21-13-31(3)6-7-33-21)24(32)30-16(2)17-4-5-22(23(26)27)28-12-17/h4-5,8-12,16,21,23H,6-7,13-14H2,1-3H3,(H,30,32)/t16-,21-/m1/s1. The third kappa shape index (κ3) is 6.59. The van der Waals surface area contributed by atoms with Crippen molar-refractivity contribution in [1.82, 2.24) is 20.2 Å². The number of likely N-dealkylation sites (N-methyl/N-ethyl adjacent to an activating group) is 1. The molecule has 3 aromatic rings. The number of benzene rings is 1. The number of carbonyl (C=O) groups is 1. The van der Waals surface area contributed by atoms with Crippen LogP contribution >= 0.6 is 11.3 Å². The molecule has 2 aromatic heterocycles. The zero-order valence-electron chi connectivity index (χ0n) is 19.8. The van der Waals surface area contributed by atoms with Crippen LogP contribution < -0.4 is 10.1 Å². The molecule has 1 N–H and O–H groups in total. The number of pyridine rings is 1. The number of halogens is 2. The van der Waals surface area contributed by atoms with Crippen molar-refractivity contribution >= 4 is 17.2 Å². The second-order valence-corrected chi connectivity index (χ2v) is 9.84. The lowest BCUT2D eigenvalue weighted by Crippen LogP contribution is -2.42. The SMILES string of the molecule is Cc1cnc(-c2cc(OC[C@H]3CN(C)CCO3)cc(C(=O)N[C@H](C)c3ccc(C(F)F)nc3)c2)s1. The van der Waals surface area contributed by atoms with Crippen molar-refractivity contribution in [1.29, 1.82) is 0 Å². The summed E-state index contributed by atoms with van der Waals surface area (Å²) in [5.74, 6) is 0.233. The molecule has 1 aliphatic rings. The fourth-order valence-corrected chi connectivity index (χ4v) is 4.50.